The second-order valence-corrected chi connectivity index (χ2v) is 5.51. The van der Waals surface area contributed by atoms with Crippen molar-refractivity contribution in [1.29, 1.82) is 0 Å². The molecular weight excluding hydrogens is 326 g/mol. The Labute approximate surface area is 136 Å². The normalized spacial score (nSPS) is 14.5. The lowest BCUT2D eigenvalue weighted by Crippen LogP contribution is -2.37. The largest absolute Gasteiger partial charge is 0.330 e. The minimum Gasteiger partial charge on any atom is -0.330 e. The van der Waals surface area contributed by atoms with Crippen molar-refractivity contribution >= 4 is 23.6 Å². The van der Waals surface area contributed by atoms with Crippen molar-refractivity contribution in [2.75, 3.05) is 6.54 Å². The van der Waals surface area contributed by atoms with Gasteiger partial charge in [-0.25, -0.2) is 8.78 Å². The highest BCUT2D eigenvalue weighted by molar-refractivity contribution is 6.30. The number of alkyl halides is 2. The van der Waals surface area contributed by atoms with Crippen LogP contribution in [0.15, 0.2) is 30.3 Å². The van der Waals surface area contributed by atoms with Gasteiger partial charge < -0.3 is 9.47 Å². The minimum absolute atomic E-state index is 0.170. The van der Waals surface area contributed by atoms with Gasteiger partial charge in [-0.1, -0.05) is 23.7 Å². The SMILES string of the molecule is O=C(C=Cc1ccc(Cl)cc1)N1CCn2c(nnc2C(F)F)C1. The third-order valence-corrected chi connectivity index (χ3v) is 3.83. The maximum absolute atomic E-state index is 12.8. The predicted molar refractivity (Wildman–Crippen MR) is 80.9 cm³/mol. The number of aromatic nitrogens is 3. The average Bonchev–Trinajstić information content (AvgIpc) is 2.97. The van der Waals surface area contributed by atoms with E-state index in [4.69, 9.17) is 11.6 Å². The van der Waals surface area contributed by atoms with Crippen LogP contribution in [0.2, 0.25) is 5.02 Å². The number of carbonyl (C=O) groups excluding carboxylic acids is 1. The van der Waals surface area contributed by atoms with Crippen LogP contribution >= 0.6 is 11.6 Å². The number of hydrogen-bond donors (Lipinski definition) is 0. The van der Waals surface area contributed by atoms with E-state index in [1.165, 1.54) is 10.6 Å². The van der Waals surface area contributed by atoms with Gasteiger partial charge in [0.15, 0.2) is 11.6 Å². The van der Waals surface area contributed by atoms with Crippen LogP contribution in [0.25, 0.3) is 6.08 Å². The van der Waals surface area contributed by atoms with Gasteiger partial charge >= 0.3 is 0 Å². The average molecular weight is 339 g/mol. The van der Waals surface area contributed by atoms with Crippen molar-refractivity contribution < 1.29 is 13.6 Å². The van der Waals surface area contributed by atoms with Gasteiger partial charge in [0.1, 0.15) is 0 Å². The third-order valence-electron chi connectivity index (χ3n) is 3.58. The first-order valence-electron chi connectivity index (χ1n) is 6.97. The molecule has 1 aliphatic heterocycles. The fourth-order valence-electron chi connectivity index (χ4n) is 2.38. The Morgan fingerprint density at radius 1 is 1.22 bits per heavy atom. The minimum atomic E-state index is -2.66. The molecule has 0 unspecified atom stereocenters. The second kappa shape index (κ2) is 6.45. The van der Waals surface area contributed by atoms with Crippen LogP contribution in [-0.2, 0) is 17.9 Å². The standard InChI is InChI=1S/C15H13ClF2N4O/c16-11-4-1-10(2-5-11)3-6-13(23)21-7-8-22-12(9-21)19-20-15(22)14(17)18/h1-6,14H,7-9H2. The van der Waals surface area contributed by atoms with Crippen molar-refractivity contribution in [1.82, 2.24) is 19.7 Å². The lowest BCUT2D eigenvalue weighted by atomic mass is 10.2. The third kappa shape index (κ3) is 3.39. The Kier molecular flexibility index (Phi) is 4.38. The number of hydrogen-bond acceptors (Lipinski definition) is 3. The van der Waals surface area contributed by atoms with Crippen LogP contribution in [0.1, 0.15) is 23.6 Å². The van der Waals surface area contributed by atoms with E-state index in [0.29, 0.717) is 17.4 Å². The van der Waals surface area contributed by atoms with Crippen molar-refractivity contribution in [2.24, 2.45) is 0 Å². The zero-order valence-corrected chi connectivity index (χ0v) is 12.7. The molecule has 0 saturated heterocycles. The summed E-state index contributed by atoms with van der Waals surface area (Å²) < 4.78 is 26.9. The Hall–Kier alpha value is -2.28. The quantitative estimate of drug-likeness (QED) is 0.809. The molecular formula is C15H13ClF2N4O. The van der Waals surface area contributed by atoms with Gasteiger partial charge in [0.2, 0.25) is 5.91 Å². The van der Waals surface area contributed by atoms with E-state index in [1.54, 1.807) is 35.2 Å². The van der Waals surface area contributed by atoms with Crippen LogP contribution in [0.4, 0.5) is 8.78 Å². The van der Waals surface area contributed by atoms with Gasteiger partial charge in [-0.15, -0.1) is 10.2 Å². The fourth-order valence-corrected chi connectivity index (χ4v) is 2.50. The maximum atomic E-state index is 12.8. The van der Waals surface area contributed by atoms with Gasteiger partial charge in [-0.05, 0) is 23.8 Å². The van der Waals surface area contributed by atoms with Crippen LogP contribution in [0, 0.1) is 0 Å². The molecule has 0 saturated carbocycles. The lowest BCUT2D eigenvalue weighted by Gasteiger charge is -2.26. The van der Waals surface area contributed by atoms with Gasteiger partial charge in [0.05, 0.1) is 6.54 Å². The number of rotatable bonds is 3. The molecule has 1 aromatic carbocycles. The molecule has 0 fully saturated rings. The Bertz CT molecular complexity index is 742. The van der Waals surface area contributed by atoms with Crippen LogP contribution in [0.5, 0.6) is 0 Å². The van der Waals surface area contributed by atoms with E-state index in [2.05, 4.69) is 10.2 Å². The number of fused-ring (bicyclic) bond motifs is 1. The van der Waals surface area contributed by atoms with E-state index >= 15 is 0 Å². The summed E-state index contributed by atoms with van der Waals surface area (Å²) in [6.07, 6.45) is 0.467. The molecule has 2 heterocycles. The zero-order valence-electron chi connectivity index (χ0n) is 12.0. The molecule has 0 N–H and O–H groups in total. The summed E-state index contributed by atoms with van der Waals surface area (Å²) in [5.74, 6) is -0.170. The van der Waals surface area contributed by atoms with Crippen molar-refractivity contribution in [3.8, 4) is 0 Å². The first-order valence-corrected chi connectivity index (χ1v) is 7.35. The molecule has 1 amide bonds. The van der Waals surface area contributed by atoms with E-state index in [-0.39, 0.29) is 24.8 Å². The van der Waals surface area contributed by atoms with Gasteiger partial charge in [-0.3, -0.25) is 4.79 Å². The molecule has 3 rings (SSSR count). The lowest BCUT2D eigenvalue weighted by molar-refractivity contribution is -0.127. The van der Waals surface area contributed by atoms with E-state index in [0.717, 1.165) is 5.56 Å². The Morgan fingerprint density at radius 3 is 2.65 bits per heavy atom. The van der Waals surface area contributed by atoms with Gasteiger partial charge in [0, 0.05) is 24.2 Å². The topological polar surface area (TPSA) is 51.0 Å². The molecule has 2 aromatic rings. The Morgan fingerprint density at radius 2 is 1.96 bits per heavy atom. The fraction of sp³-hybridized carbons (Fsp3) is 0.267. The predicted octanol–water partition coefficient (Wildman–Crippen LogP) is 2.92. The molecule has 8 heteroatoms. The van der Waals surface area contributed by atoms with E-state index in [1.807, 2.05) is 0 Å². The number of nitrogens with zero attached hydrogens (tertiary/aromatic N) is 4. The van der Waals surface area contributed by atoms with Crippen LogP contribution < -0.4 is 0 Å². The highest BCUT2D eigenvalue weighted by Crippen LogP contribution is 2.21. The summed E-state index contributed by atoms with van der Waals surface area (Å²) in [5, 5.41) is 7.85. The summed E-state index contributed by atoms with van der Waals surface area (Å²) in [4.78, 5) is 13.7. The molecule has 0 spiro atoms. The number of halogens is 3. The van der Waals surface area contributed by atoms with E-state index < -0.39 is 6.43 Å². The molecule has 0 bridgehead atoms. The first kappa shape index (κ1) is 15.6. The molecule has 0 aliphatic carbocycles. The van der Waals surface area contributed by atoms with Crippen molar-refractivity contribution in [2.45, 2.75) is 19.5 Å². The first-order chi connectivity index (χ1) is 11.0. The number of benzene rings is 1. The second-order valence-electron chi connectivity index (χ2n) is 5.07. The molecule has 1 aromatic heterocycles. The molecule has 1 aliphatic rings. The molecule has 5 nitrogen and oxygen atoms in total. The summed E-state index contributed by atoms with van der Waals surface area (Å²) in [5.41, 5.74) is 0.850. The Balaban J connectivity index is 1.68. The van der Waals surface area contributed by atoms with E-state index in [9.17, 15) is 13.6 Å². The zero-order chi connectivity index (χ0) is 16.4. The molecule has 23 heavy (non-hydrogen) atoms. The highest BCUT2D eigenvalue weighted by Gasteiger charge is 2.26. The molecule has 120 valence electrons. The summed E-state index contributed by atoms with van der Waals surface area (Å²) in [6, 6.07) is 7.07. The summed E-state index contributed by atoms with van der Waals surface area (Å²) >= 11 is 5.80. The van der Waals surface area contributed by atoms with Crippen molar-refractivity contribution in [3.63, 3.8) is 0 Å². The number of amides is 1. The van der Waals surface area contributed by atoms with Gasteiger partial charge in [-0.2, -0.15) is 0 Å². The van der Waals surface area contributed by atoms with Crippen LogP contribution in [-0.4, -0.2) is 32.1 Å². The molecule has 0 atom stereocenters. The van der Waals surface area contributed by atoms with Crippen LogP contribution in [0.3, 0.4) is 0 Å². The summed E-state index contributed by atoms with van der Waals surface area (Å²) in [6.45, 7) is 0.778. The maximum Gasteiger partial charge on any atom is 0.297 e. The number of carbonyl (C=O) groups is 1. The highest BCUT2D eigenvalue weighted by atomic mass is 35.5. The summed E-state index contributed by atoms with van der Waals surface area (Å²) in [7, 11) is 0. The van der Waals surface area contributed by atoms with Gasteiger partial charge in [0.25, 0.3) is 6.43 Å². The smallest absolute Gasteiger partial charge is 0.297 e. The molecule has 0 radical (unpaired) electrons. The monoisotopic (exact) mass is 338 g/mol. The van der Waals surface area contributed by atoms with Crippen molar-refractivity contribution in [3.05, 3.63) is 52.6 Å².